The van der Waals surface area contributed by atoms with E-state index < -0.39 is 16.4 Å². The van der Waals surface area contributed by atoms with E-state index >= 15 is 0 Å². The molecule has 0 aliphatic carbocycles. The smallest absolute Gasteiger partial charge is 0.311 e. The van der Waals surface area contributed by atoms with Crippen LogP contribution in [-0.2, 0) is 6.61 Å². The third-order valence-electron chi connectivity index (χ3n) is 2.09. The second-order valence-corrected chi connectivity index (χ2v) is 4.73. The van der Waals surface area contributed by atoms with Crippen LogP contribution in [0.15, 0.2) is 18.2 Å². The van der Waals surface area contributed by atoms with E-state index in [4.69, 9.17) is 21.4 Å². The van der Waals surface area contributed by atoms with Gasteiger partial charge in [0, 0.05) is 12.1 Å². The Morgan fingerprint density at radius 2 is 2.32 bits per heavy atom. The van der Waals surface area contributed by atoms with Crippen LogP contribution in [0.2, 0.25) is 5.15 Å². The van der Waals surface area contributed by atoms with Crippen LogP contribution in [0.1, 0.15) is 4.88 Å². The average molecular weight is 305 g/mol. The van der Waals surface area contributed by atoms with E-state index in [1.807, 2.05) is 0 Å². The van der Waals surface area contributed by atoms with Gasteiger partial charge in [0.2, 0.25) is 5.75 Å². The first-order valence-corrected chi connectivity index (χ1v) is 6.08. The van der Waals surface area contributed by atoms with Gasteiger partial charge in [-0.05, 0) is 6.07 Å². The molecule has 0 fully saturated rings. The SMILES string of the molecule is O=[N+]([O-])c1ccc(F)cc1Oc1nc(Cl)c(CO)s1. The highest BCUT2D eigenvalue weighted by atomic mass is 35.5. The van der Waals surface area contributed by atoms with E-state index in [2.05, 4.69) is 4.98 Å². The normalized spacial score (nSPS) is 10.5. The number of hydrogen-bond donors (Lipinski definition) is 1. The molecular weight excluding hydrogens is 299 g/mol. The molecule has 1 heterocycles. The van der Waals surface area contributed by atoms with E-state index in [0.717, 1.165) is 29.5 Å². The molecule has 9 heteroatoms. The molecule has 0 amide bonds. The van der Waals surface area contributed by atoms with Gasteiger partial charge in [0.25, 0.3) is 5.19 Å². The molecule has 0 saturated heterocycles. The Morgan fingerprint density at radius 1 is 1.58 bits per heavy atom. The number of aromatic nitrogens is 1. The second-order valence-electron chi connectivity index (χ2n) is 3.32. The summed E-state index contributed by atoms with van der Waals surface area (Å²) in [6.45, 7) is -0.328. The van der Waals surface area contributed by atoms with Crippen molar-refractivity contribution in [1.82, 2.24) is 4.98 Å². The van der Waals surface area contributed by atoms with Crippen LogP contribution in [0.3, 0.4) is 0 Å². The first-order chi connectivity index (χ1) is 9.01. The van der Waals surface area contributed by atoms with Gasteiger partial charge in [-0.2, -0.15) is 4.98 Å². The summed E-state index contributed by atoms with van der Waals surface area (Å²) in [5.41, 5.74) is -0.390. The minimum atomic E-state index is -0.697. The van der Waals surface area contributed by atoms with E-state index in [1.165, 1.54) is 0 Å². The molecule has 0 spiro atoms. The van der Waals surface area contributed by atoms with Crippen LogP contribution in [0.5, 0.6) is 10.9 Å². The first kappa shape index (κ1) is 13.7. The number of nitro groups is 1. The van der Waals surface area contributed by atoms with Crippen LogP contribution >= 0.6 is 22.9 Å². The third-order valence-corrected chi connectivity index (χ3v) is 3.43. The zero-order valence-corrected chi connectivity index (χ0v) is 10.7. The van der Waals surface area contributed by atoms with Crippen LogP contribution in [-0.4, -0.2) is 15.0 Å². The van der Waals surface area contributed by atoms with Gasteiger partial charge in [-0.25, -0.2) is 4.39 Å². The maximum absolute atomic E-state index is 13.1. The zero-order chi connectivity index (χ0) is 14.0. The van der Waals surface area contributed by atoms with Crippen molar-refractivity contribution >= 4 is 28.6 Å². The number of aliphatic hydroxyl groups is 1. The molecule has 0 aliphatic heterocycles. The fourth-order valence-corrected chi connectivity index (χ4v) is 2.24. The molecular formula is C10H6ClFN2O4S. The van der Waals surface area contributed by atoms with Crippen molar-refractivity contribution in [3.63, 3.8) is 0 Å². The van der Waals surface area contributed by atoms with E-state index in [-0.39, 0.29) is 22.7 Å². The molecule has 1 aromatic carbocycles. The predicted octanol–water partition coefficient (Wildman–Crippen LogP) is 3.13. The molecule has 0 bridgehead atoms. The lowest BCUT2D eigenvalue weighted by molar-refractivity contribution is -0.385. The lowest BCUT2D eigenvalue weighted by Gasteiger charge is -2.02. The maximum atomic E-state index is 13.1. The van der Waals surface area contributed by atoms with Gasteiger partial charge in [0.1, 0.15) is 11.0 Å². The Kier molecular flexibility index (Phi) is 3.93. The van der Waals surface area contributed by atoms with Crippen molar-refractivity contribution in [2.45, 2.75) is 6.61 Å². The van der Waals surface area contributed by atoms with E-state index in [0.29, 0.717) is 4.88 Å². The summed E-state index contributed by atoms with van der Waals surface area (Å²) in [7, 11) is 0. The average Bonchev–Trinajstić information content (AvgIpc) is 2.69. The standard InChI is InChI=1S/C10H6ClFN2O4S/c11-9-8(4-15)19-10(13-9)18-7-3-5(12)1-2-6(7)14(16)17/h1-3,15H,4H2. The Balaban J connectivity index is 2.36. The molecule has 2 aromatic rings. The van der Waals surface area contributed by atoms with Crippen molar-refractivity contribution < 1.29 is 19.2 Å². The topological polar surface area (TPSA) is 85.5 Å². The Labute approximate surface area is 115 Å². The summed E-state index contributed by atoms with van der Waals surface area (Å²) in [5.74, 6) is -0.953. The highest BCUT2D eigenvalue weighted by Crippen LogP contribution is 2.36. The number of rotatable bonds is 4. The molecule has 0 radical (unpaired) electrons. The number of hydrogen-bond acceptors (Lipinski definition) is 6. The zero-order valence-electron chi connectivity index (χ0n) is 9.17. The van der Waals surface area contributed by atoms with Gasteiger partial charge in [-0.3, -0.25) is 10.1 Å². The lowest BCUT2D eigenvalue weighted by Crippen LogP contribution is -1.94. The molecule has 1 N–H and O–H groups in total. The Hall–Kier alpha value is -1.77. The van der Waals surface area contributed by atoms with Crippen molar-refractivity contribution in [2.24, 2.45) is 0 Å². The minimum absolute atomic E-state index is 0.0113. The Morgan fingerprint density at radius 3 is 2.89 bits per heavy atom. The molecule has 100 valence electrons. The summed E-state index contributed by atoms with van der Waals surface area (Å²) < 4.78 is 18.2. The van der Waals surface area contributed by atoms with Crippen LogP contribution < -0.4 is 4.74 Å². The minimum Gasteiger partial charge on any atom is -0.423 e. The maximum Gasteiger partial charge on any atom is 0.311 e. The number of ether oxygens (including phenoxy) is 1. The highest BCUT2D eigenvalue weighted by Gasteiger charge is 2.19. The van der Waals surface area contributed by atoms with E-state index in [9.17, 15) is 14.5 Å². The van der Waals surface area contributed by atoms with Crippen molar-refractivity contribution in [3.8, 4) is 10.9 Å². The third kappa shape index (κ3) is 2.98. The number of halogens is 2. The fraction of sp³-hybridized carbons (Fsp3) is 0.100. The quantitative estimate of drug-likeness (QED) is 0.693. The number of aliphatic hydroxyl groups excluding tert-OH is 1. The second kappa shape index (κ2) is 5.47. The van der Waals surface area contributed by atoms with Gasteiger partial charge < -0.3 is 9.84 Å². The van der Waals surface area contributed by atoms with Gasteiger partial charge in [-0.1, -0.05) is 22.9 Å². The summed E-state index contributed by atoms with van der Waals surface area (Å²) in [4.78, 5) is 14.2. The highest BCUT2D eigenvalue weighted by molar-refractivity contribution is 7.13. The largest absolute Gasteiger partial charge is 0.423 e. The van der Waals surface area contributed by atoms with Crippen LogP contribution in [0.4, 0.5) is 10.1 Å². The van der Waals surface area contributed by atoms with Gasteiger partial charge >= 0.3 is 5.69 Å². The molecule has 0 aliphatic rings. The Bertz CT molecular complexity index is 634. The van der Waals surface area contributed by atoms with Crippen molar-refractivity contribution in [2.75, 3.05) is 0 Å². The van der Waals surface area contributed by atoms with Crippen LogP contribution in [0, 0.1) is 15.9 Å². The monoisotopic (exact) mass is 304 g/mol. The van der Waals surface area contributed by atoms with Crippen molar-refractivity contribution in [1.29, 1.82) is 0 Å². The summed E-state index contributed by atoms with van der Waals surface area (Å²) in [6, 6.07) is 2.83. The molecule has 0 saturated carbocycles. The summed E-state index contributed by atoms with van der Waals surface area (Å²) in [5, 5.41) is 19.8. The van der Waals surface area contributed by atoms with Gasteiger partial charge in [0.05, 0.1) is 16.4 Å². The molecule has 19 heavy (non-hydrogen) atoms. The predicted molar refractivity (Wildman–Crippen MR) is 66.2 cm³/mol. The summed E-state index contributed by atoms with van der Waals surface area (Å²) >= 11 is 6.62. The first-order valence-electron chi connectivity index (χ1n) is 4.89. The molecule has 0 unspecified atom stereocenters. The summed E-state index contributed by atoms with van der Waals surface area (Å²) in [6.07, 6.45) is 0. The number of benzene rings is 1. The van der Waals surface area contributed by atoms with Gasteiger partial charge in [0.15, 0.2) is 0 Å². The fourth-order valence-electron chi connectivity index (χ4n) is 1.27. The van der Waals surface area contributed by atoms with Crippen molar-refractivity contribution in [3.05, 3.63) is 44.2 Å². The molecule has 2 rings (SSSR count). The van der Waals surface area contributed by atoms with Crippen LogP contribution in [0.25, 0.3) is 0 Å². The number of nitro benzene ring substituents is 1. The van der Waals surface area contributed by atoms with Gasteiger partial charge in [-0.15, -0.1) is 0 Å². The molecule has 0 atom stereocenters. The van der Waals surface area contributed by atoms with E-state index in [1.54, 1.807) is 0 Å². The molecule has 1 aromatic heterocycles. The lowest BCUT2D eigenvalue weighted by atomic mass is 10.3. The number of nitrogens with zero attached hydrogens (tertiary/aromatic N) is 2. The molecule has 6 nitrogen and oxygen atoms in total. The number of thiazole rings is 1.